The van der Waals surface area contributed by atoms with Crippen molar-refractivity contribution in [1.29, 1.82) is 0 Å². The van der Waals surface area contributed by atoms with Gasteiger partial charge in [-0.2, -0.15) is 0 Å². The summed E-state index contributed by atoms with van der Waals surface area (Å²) in [6.07, 6.45) is 32.6. The molecule has 9 nitrogen and oxygen atoms in total. The number of nitrogens with two attached hydrogens (primary N) is 1. The van der Waals surface area contributed by atoms with E-state index in [4.69, 9.17) is 14.8 Å². The quantitative estimate of drug-likeness (QED) is 0.0252. The summed E-state index contributed by atoms with van der Waals surface area (Å²) in [4.78, 5) is 22.6. The number of allylic oxidation sites excluding steroid dienone is 3. The fraction of sp³-hybridized carbons (Fsp3) is 0.865. The highest BCUT2D eigenvalue weighted by Gasteiger charge is 2.27. The summed E-state index contributed by atoms with van der Waals surface area (Å²) in [5, 5.41) is 23.9. The van der Waals surface area contributed by atoms with Crippen LogP contribution in [0.3, 0.4) is 0 Å². The standard InChI is InChI=1S/C37H73N2O7P/c1-3-5-7-9-11-13-15-17-18-20-22-24-26-28-34(40)32-37(42)39-35(33-46-47(43,44)45-31-30-38)36(41)29-27-25-23-21-19-16-14-12-10-8-6-4-2/h13,15,27,29,34-36,40-41H,3-12,14,16-26,28,30-33,38H2,1-2H3,(H,39,42)(H,43,44)/b15-13-,29-27+. The minimum absolute atomic E-state index is 0.0485. The number of unbranched alkanes of at least 4 members (excludes halogenated alkanes) is 19. The predicted molar refractivity (Wildman–Crippen MR) is 195 cm³/mol. The Hall–Kier alpha value is -1.06. The van der Waals surface area contributed by atoms with Crippen molar-refractivity contribution in [3.05, 3.63) is 24.3 Å². The van der Waals surface area contributed by atoms with Crippen LogP contribution in [0.15, 0.2) is 24.3 Å². The average molecular weight is 689 g/mol. The molecule has 0 aromatic heterocycles. The molecule has 10 heteroatoms. The van der Waals surface area contributed by atoms with Gasteiger partial charge in [0.15, 0.2) is 0 Å². The van der Waals surface area contributed by atoms with Crippen molar-refractivity contribution in [2.24, 2.45) is 5.73 Å². The van der Waals surface area contributed by atoms with Gasteiger partial charge in [-0.1, -0.05) is 141 Å². The molecule has 0 bridgehead atoms. The molecule has 0 radical (unpaired) electrons. The van der Waals surface area contributed by atoms with Gasteiger partial charge in [0.25, 0.3) is 0 Å². The van der Waals surface area contributed by atoms with Crippen molar-refractivity contribution in [2.45, 2.75) is 186 Å². The lowest BCUT2D eigenvalue weighted by Crippen LogP contribution is -2.46. The number of phosphoric acid groups is 1. The van der Waals surface area contributed by atoms with Crippen LogP contribution in [0.5, 0.6) is 0 Å². The topological polar surface area (TPSA) is 151 Å². The maximum atomic E-state index is 12.7. The number of aliphatic hydroxyl groups is 2. The number of phosphoric ester groups is 1. The lowest BCUT2D eigenvalue weighted by atomic mass is 10.0. The van der Waals surface area contributed by atoms with Crippen LogP contribution in [0.2, 0.25) is 0 Å². The van der Waals surface area contributed by atoms with Crippen LogP contribution in [-0.4, -0.2) is 59.0 Å². The third-order valence-electron chi connectivity index (χ3n) is 8.33. The van der Waals surface area contributed by atoms with Crippen LogP contribution in [0.1, 0.15) is 168 Å². The summed E-state index contributed by atoms with van der Waals surface area (Å²) < 4.78 is 22.0. The number of hydrogen-bond acceptors (Lipinski definition) is 7. The molecule has 0 rings (SSSR count). The van der Waals surface area contributed by atoms with E-state index in [-0.39, 0.29) is 19.6 Å². The van der Waals surface area contributed by atoms with Gasteiger partial charge in [0, 0.05) is 6.54 Å². The highest BCUT2D eigenvalue weighted by molar-refractivity contribution is 7.47. The molecule has 1 amide bonds. The number of rotatable bonds is 35. The van der Waals surface area contributed by atoms with Crippen molar-refractivity contribution in [3.8, 4) is 0 Å². The van der Waals surface area contributed by atoms with Gasteiger partial charge >= 0.3 is 7.82 Å². The second-order valence-electron chi connectivity index (χ2n) is 13.0. The maximum Gasteiger partial charge on any atom is 0.472 e. The Morgan fingerprint density at radius 1 is 0.723 bits per heavy atom. The third-order valence-corrected chi connectivity index (χ3v) is 9.31. The summed E-state index contributed by atoms with van der Waals surface area (Å²) in [5.74, 6) is -0.453. The maximum absolute atomic E-state index is 12.7. The molecule has 0 aliphatic carbocycles. The van der Waals surface area contributed by atoms with Gasteiger partial charge in [-0.05, 0) is 44.9 Å². The molecule has 0 spiro atoms. The Balaban J connectivity index is 4.45. The average Bonchev–Trinajstić information content (AvgIpc) is 3.04. The monoisotopic (exact) mass is 689 g/mol. The van der Waals surface area contributed by atoms with Gasteiger partial charge < -0.3 is 26.2 Å². The fourth-order valence-corrected chi connectivity index (χ4v) is 6.16. The third kappa shape index (κ3) is 31.9. The van der Waals surface area contributed by atoms with Crippen LogP contribution in [0.4, 0.5) is 0 Å². The highest BCUT2D eigenvalue weighted by Crippen LogP contribution is 2.43. The largest absolute Gasteiger partial charge is 0.472 e. The van der Waals surface area contributed by atoms with Gasteiger partial charge in [-0.15, -0.1) is 0 Å². The summed E-state index contributed by atoms with van der Waals surface area (Å²) in [5.41, 5.74) is 5.34. The normalized spacial score (nSPS) is 15.3. The number of carbonyl (C=O) groups is 1. The number of hydrogen-bond donors (Lipinski definition) is 5. The molecule has 4 atom stereocenters. The first-order valence-electron chi connectivity index (χ1n) is 19.0. The molecule has 0 heterocycles. The van der Waals surface area contributed by atoms with E-state index in [1.807, 2.05) is 6.08 Å². The van der Waals surface area contributed by atoms with Crippen molar-refractivity contribution in [3.63, 3.8) is 0 Å². The summed E-state index contributed by atoms with van der Waals surface area (Å²) in [7, 11) is -4.39. The zero-order chi connectivity index (χ0) is 34.9. The first-order valence-corrected chi connectivity index (χ1v) is 20.5. The molecule has 0 aliphatic rings. The fourth-order valence-electron chi connectivity index (χ4n) is 5.40. The van der Waals surface area contributed by atoms with E-state index >= 15 is 0 Å². The molecule has 6 N–H and O–H groups in total. The summed E-state index contributed by atoms with van der Waals surface area (Å²) in [6.45, 7) is 3.92. The SMILES string of the molecule is CCCCCC/C=C\CCCCCCCC(O)CC(=O)NC(COP(=O)(O)OCCN)C(O)/C=C/CCCCCCCCCCCC. The molecule has 0 saturated heterocycles. The minimum atomic E-state index is -4.39. The van der Waals surface area contributed by atoms with Crippen LogP contribution in [0, 0.1) is 0 Å². The summed E-state index contributed by atoms with van der Waals surface area (Å²) >= 11 is 0. The van der Waals surface area contributed by atoms with E-state index < -0.39 is 38.6 Å². The van der Waals surface area contributed by atoms with Crippen LogP contribution < -0.4 is 11.1 Å². The second-order valence-corrected chi connectivity index (χ2v) is 14.4. The zero-order valence-corrected chi connectivity index (χ0v) is 31.0. The van der Waals surface area contributed by atoms with Gasteiger partial charge in [-0.25, -0.2) is 4.57 Å². The van der Waals surface area contributed by atoms with Crippen molar-refractivity contribution in [2.75, 3.05) is 19.8 Å². The van der Waals surface area contributed by atoms with Crippen LogP contribution in [-0.2, 0) is 18.4 Å². The first kappa shape index (κ1) is 45.9. The Labute approximate surface area is 288 Å². The predicted octanol–water partition coefficient (Wildman–Crippen LogP) is 8.80. The molecule has 0 aliphatic heterocycles. The van der Waals surface area contributed by atoms with Crippen molar-refractivity contribution >= 4 is 13.7 Å². The molecular weight excluding hydrogens is 615 g/mol. The lowest BCUT2D eigenvalue weighted by molar-refractivity contribution is -0.124. The van der Waals surface area contributed by atoms with E-state index in [0.717, 1.165) is 51.4 Å². The van der Waals surface area contributed by atoms with Crippen molar-refractivity contribution in [1.82, 2.24) is 5.32 Å². The van der Waals surface area contributed by atoms with Gasteiger partial charge in [0.2, 0.25) is 5.91 Å². The number of amides is 1. The van der Waals surface area contributed by atoms with E-state index in [1.54, 1.807) is 6.08 Å². The Bertz CT molecular complexity index is 812. The highest BCUT2D eigenvalue weighted by atomic mass is 31.2. The van der Waals surface area contributed by atoms with Crippen molar-refractivity contribution < 1.29 is 33.5 Å². The molecule has 0 saturated carbocycles. The molecular formula is C37H73N2O7P. The molecule has 47 heavy (non-hydrogen) atoms. The minimum Gasteiger partial charge on any atom is -0.393 e. The lowest BCUT2D eigenvalue weighted by Gasteiger charge is -2.24. The Kier molecular flexibility index (Phi) is 32.7. The smallest absolute Gasteiger partial charge is 0.393 e. The van der Waals surface area contributed by atoms with Gasteiger partial charge in [0.05, 0.1) is 37.9 Å². The Morgan fingerprint density at radius 3 is 1.72 bits per heavy atom. The van der Waals surface area contributed by atoms with Gasteiger partial charge in [0.1, 0.15) is 0 Å². The van der Waals surface area contributed by atoms with Crippen LogP contribution >= 0.6 is 7.82 Å². The molecule has 0 aromatic carbocycles. The number of nitrogens with one attached hydrogen (secondary N) is 1. The molecule has 278 valence electrons. The molecule has 4 unspecified atom stereocenters. The van der Waals surface area contributed by atoms with E-state index in [2.05, 4.69) is 31.3 Å². The molecule has 0 aromatic rings. The molecule has 0 fully saturated rings. The summed E-state index contributed by atoms with van der Waals surface area (Å²) in [6, 6.07) is -0.981. The van der Waals surface area contributed by atoms with Gasteiger partial charge in [-0.3, -0.25) is 13.8 Å². The van der Waals surface area contributed by atoms with E-state index in [1.165, 1.54) is 89.9 Å². The first-order chi connectivity index (χ1) is 22.8. The second kappa shape index (κ2) is 33.4. The Morgan fingerprint density at radius 2 is 1.19 bits per heavy atom. The number of carbonyl (C=O) groups excluding carboxylic acids is 1. The zero-order valence-electron chi connectivity index (χ0n) is 30.1. The van der Waals surface area contributed by atoms with E-state index in [9.17, 15) is 24.5 Å². The number of aliphatic hydroxyl groups excluding tert-OH is 2. The van der Waals surface area contributed by atoms with E-state index in [0.29, 0.717) is 6.42 Å². The van der Waals surface area contributed by atoms with Crippen LogP contribution in [0.25, 0.3) is 0 Å².